The molecule has 1 heterocycles. The van der Waals surface area contributed by atoms with Crippen molar-refractivity contribution in [3.63, 3.8) is 0 Å². The van der Waals surface area contributed by atoms with Gasteiger partial charge in [0.2, 0.25) is 0 Å². The van der Waals surface area contributed by atoms with Crippen LogP contribution < -0.4 is 5.32 Å². The molecule has 5 nitrogen and oxygen atoms in total. The maximum absolute atomic E-state index is 12.3. The van der Waals surface area contributed by atoms with Gasteiger partial charge in [-0.15, -0.1) is 0 Å². The number of fused-ring (bicyclic) bond motifs is 1. The Bertz CT molecular complexity index is 622. The number of carbonyl (C=O) groups excluding carboxylic acids is 2. The Kier molecular flexibility index (Phi) is 5.02. The zero-order chi connectivity index (χ0) is 18.0. The Balaban J connectivity index is 1.77. The Hall–Kier alpha value is -2.04. The molecule has 1 aliphatic carbocycles. The van der Waals surface area contributed by atoms with Gasteiger partial charge in [0, 0.05) is 5.92 Å². The van der Waals surface area contributed by atoms with E-state index in [0.717, 1.165) is 24.8 Å². The highest BCUT2D eigenvalue weighted by molar-refractivity contribution is 5.76. The van der Waals surface area contributed by atoms with Crippen molar-refractivity contribution >= 4 is 12.1 Å². The zero-order valence-corrected chi connectivity index (χ0v) is 15.2. The molecule has 4 atom stereocenters. The number of benzene rings is 1. The van der Waals surface area contributed by atoms with Crippen molar-refractivity contribution in [2.45, 2.75) is 64.2 Å². The quantitative estimate of drug-likeness (QED) is 0.849. The minimum Gasteiger partial charge on any atom is -0.460 e. The minimum absolute atomic E-state index is 0.0105. The molecule has 3 rings (SSSR count). The number of hydrogen-bond acceptors (Lipinski definition) is 4. The predicted octanol–water partition coefficient (Wildman–Crippen LogP) is 3.46. The molecule has 0 radical (unpaired) electrons. The van der Waals surface area contributed by atoms with E-state index in [9.17, 15) is 9.59 Å². The van der Waals surface area contributed by atoms with Gasteiger partial charge in [-0.2, -0.15) is 0 Å². The van der Waals surface area contributed by atoms with E-state index in [-0.39, 0.29) is 30.0 Å². The van der Waals surface area contributed by atoms with Crippen LogP contribution >= 0.6 is 0 Å². The third-order valence-corrected chi connectivity index (χ3v) is 4.94. The number of alkyl carbamates (subject to hydrolysis) is 1. The molecule has 0 unspecified atom stereocenters. The van der Waals surface area contributed by atoms with E-state index in [1.165, 1.54) is 0 Å². The standard InChI is InChI=1S/C20H27NO4/c1-20(2,3)25-19(23)21-16(12-13-8-5-4-6-9-13)17-14-10-7-11-15(14)18(22)24-17/h4-6,8-9,14-17H,7,10-12H2,1-3H3,(H,21,23)/t14-,15+,16-,17-/m0/s1. The van der Waals surface area contributed by atoms with Gasteiger partial charge in [-0.3, -0.25) is 4.79 Å². The highest BCUT2D eigenvalue weighted by Crippen LogP contribution is 2.43. The lowest BCUT2D eigenvalue weighted by Crippen LogP contribution is -2.48. The Morgan fingerprint density at radius 2 is 2.00 bits per heavy atom. The summed E-state index contributed by atoms with van der Waals surface area (Å²) in [5.41, 5.74) is 0.532. The first-order chi connectivity index (χ1) is 11.8. The fourth-order valence-electron chi connectivity index (χ4n) is 3.94. The van der Waals surface area contributed by atoms with Gasteiger partial charge in [-0.1, -0.05) is 36.8 Å². The molecule has 2 aliphatic rings. The van der Waals surface area contributed by atoms with Crippen LogP contribution in [0.4, 0.5) is 4.79 Å². The second kappa shape index (κ2) is 7.06. The van der Waals surface area contributed by atoms with Crippen molar-refractivity contribution < 1.29 is 19.1 Å². The van der Waals surface area contributed by atoms with Gasteiger partial charge < -0.3 is 14.8 Å². The second-order valence-electron chi connectivity index (χ2n) is 8.05. The third-order valence-electron chi connectivity index (χ3n) is 4.94. The summed E-state index contributed by atoms with van der Waals surface area (Å²) in [6.07, 6.45) is 2.78. The van der Waals surface area contributed by atoms with Gasteiger partial charge in [-0.05, 0) is 45.6 Å². The van der Waals surface area contributed by atoms with Gasteiger partial charge in [0.1, 0.15) is 11.7 Å². The van der Waals surface area contributed by atoms with Crippen LogP contribution in [0.25, 0.3) is 0 Å². The predicted molar refractivity (Wildman–Crippen MR) is 94.0 cm³/mol. The maximum atomic E-state index is 12.3. The van der Waals surface area contributed by atoms with Crippen LogP contribution in [0, 0.1) is 11.8 Å². The zero-order valence-electron chi connectivity index (χ0n) is 15.2. The summed E-state index contributed by atoms with van der Waals surface area (Å²) in [4.78, 5) is 24.5. The van der Waals surface area contributed by atoms with E-state index >= 15 is 0 Å². The SMILES string of the molecule is CC(C)(C)OC(=O)N[C@@H](Cc1ccccc1)[C@H]1OC(=O)[C@@H]2CCC[C@H]12. The van der Waals surface area contributed by atoms with Crippen molar-refractivity contribution in [2.24, 2.45) is 11.8 Å². The number of carbonyl (C=O) groups is 2. The number of rotatable bonds is 4. The van der Waals surface area contributed by atoms with Crippen LogP contribution in [-0.2, 0) is 20.7 Å². The maximum Gasteiger partial charge on any atom is 0.408 e. The van der Waals surface area contributed by atoms with Gasteiger partial charge in [0.25, 0.3) is 0 Å². The highest BCUT2D eigenvalue weighted by Gasteiger charge is 2.50. The first kappa shape index (κ1) is 17.8. The molecular weight excluding hydrogens is 318 g/mol. The third kappa shape index (κ3) is 4.33. The van der Waals surface area contributed by atoms with Crippen molar-refractivity contribution in [3.05, 3.63) is 35.9 Å². The van der Waals surface area contributed by atoms with Crippen molar-refractivity contribution in [1.29, 1.82) is 0 Å². The van der Waals surface area contributed by atoms with Gasteiger partial charge in [-0.25, -0.2) is 4.79 Å². The van der Waals surface area contributed by atoms with E-state index < -0.39 is 11.7 Å². The first-order valence-electron chi connectivity index (χ1n) is 9.07. The number of ether oxygens (including phenoxy) is 2. The van der Waals surface area contributed by atoms with E-state index in [0.29, 0.717) is 6.42 Å². The first-order valence-corrected chi connectivity index (χ1v) is 9.07. The molecule has 0 spiro atoms. The van der Waals surface area contributed by atoms with E-state index in [1.807, 2.05) is 51.1 Å². The van der Waals surface area contributed by atoms with Crippen molar-refractivity contribution in [1.82, 2.24) is 5.32 Å². The monoisotopic (exact) mass is 345 g/mol. The summed E-state index contributed by atoms with van der Waals surface area (Å²) < 4.78 is 11.1. The average Bonchev–Trinajstić information content (AvgIpc) is 3.10. The van der Waals surface area contributed by atoms with Crippen LogP contribution in [-0.4, -0.2) is 29.8 Å². The van der Waals surface area contributed by atoms with Gasteiger partial charge >= 0.3 is 12.1 Å². The van der Waals surface area contributed by atoms with Crippen LogP contribution in [0.2, 0.25) is 0 Å². The van der Waals surface area contributed by atoms with Crippen LogP contribution in [0.1, 0.15) is 45.6 Å². The fourth-order valence-corrected chi connectivity index (χ4v) is 3.94. The summed E-state index contributed by atoms with van der Waals surface area (Å²) in [6, 6.07) is 9.66. The normalized spacial score (nSPS) is 26.7. The summed E-state index contributed by atoms with van der Waals surface area (Å²) >= 11 is 0. The Morgan fingerprint density at radius 3 is 2.68 bits per heavy atom. The number of amides is 1. The molecule has 1 aromatic rings. The molecule has 1 saturated heterocycles. The molecule has 1 amide bonds. The lowest BCUT2D eigenvalue weighted by Gasteiger charge is -2.29. The lowest BCUT2D eigenvalue weighted by molar-refractivity contribution is -0.145. The molecule has 1 N–H and O–H groups in total. The average molecular weight is 345 g/mol. The molecule has 0 aromatic heterocycles. The molecule has 1 saturated carbocycles. The van der Waals surface area contributed by atoms with Crippen molar-refractivity contribution in [3.8, 4) is 0 Å². The fraction of sp³-hybridized carbons (Fsp3) is 0.600. The van der Waals surface area contributed by atoms with Gasteiger partial charge in [0.05, 0.1) is 12.0 Å². The summed E-state index contributed by atoms with van der Waals surface area (Å²) in [7, 11) is 0. The number of hydrogen-bond donors (Lipinski definition) is 1. The van der Waals surface area contributed by atoms with Crippen LogP contribution in [0.5, 0.6) is 0 Å². The van der Waals surface area contributed by atoms with Crippen LogP contribution in [0.3, 0.4) is 0 Å². The van der Waals surface area contributed by atoms with E-state index in [1.54, 1.807) is 0 Å². The number of esters is 1. The summed E-state index contributed by atoms with van der Waals surface area (Å²) in [5, 5.41) is 2.96. The number of nitrogens with one attached hydrogen (secondary N) is 1. The summed E-state index contributed by atoms with van der Waals surface area (Å²) in [5.74, 6) is 0.0661. The topological polar surface area (TPSA) is 64.6 Å². The second-order valence-corrected chi connectivity index (χ2v) is 8.05. The van der Waals surface area contributed by atoms with Crippen LogP contribution in [0.15, 0.2) is 30.3 Å². The molecule has 136 valence electrons. The molecule has 25 heavy (non-hydrogen) atoms. The minimum atomic E-state index is -0.566. The Labute approximate surface area is 149 Å². The molecule has 2 fully saturated rings. The Morgan fingerprint density at radius 1 is 1.28 bits per heavy atom. The largest absolute Gasteiger partial charge is 0.460 e. The highest BCUT2D eigenvalue weighted by atomic mass is 16.6. The molecule has 5 heteroatoms. The van der Waals surface area contributed by atoms with E-state index in [2.05, 4.69) is 5.32 Å². The van der Waals surface area contributed by atoms with E-state index in [4.69, 9.17) is 9.47 Å². The molecule has 1 aliphatic heterocycles. The smallest absolute Gasteiger partial charge is 0.408 e. The van der Waals surface area contributed by atoms with Crippen molar-refractivity contribution in [2.75, 3.05) is 0 Å². The molecular formula is C20H27NO4. The molecule has 1 aromatic carbocycles. The van der Waals surface area contributed by atoms with Gasteiger partial charge in [0.15, 0.2) is 0 Å². The molecule has 0 bridgehead atoms. The summed E-state index contributed by atoms with van der Waals surface area (Å²) in [6.45, 7) is 5.50. The number of cyclic esters (lactones) is 1. The lowest BCUT2D eigenvalue weighted by atomic mass is 9.87.